The second-order valence-corrected chi connectivity index (χ2v) is 8.49. The van der Waals surface area contributed by atoms with E-state index in [2.05, 4.69) is 46.3 Å². The summed E-state index contributed by atoms with van der Waals surface area (Å²) in [6.45, 7) is 3.00. The molecule has 4 aromatic rings. The van der Waals surface area contributed by atoms with Crippen LogP contribution in [0.3, 0.4) is 0 Å². The van der Waals surface area contributed by atoms with E-state index in [9.17, 15) is 5.11 Å². The molecule has 33 heavy (non-hydrogen) atoms. The molecule has 0 bridgehead atoms. The van der Waals surface area contributed by atoms with Crippen LogP contribution in [0.4, 0.5) is 0 Å². The number of fused-ring (bicyclic) bond motifs is 1. The fraction of sp³-hybridized carbons (Fsp3) is 0.207. The number of benzene rings is 3. The third kappa shape index (κ3) is 4.98. The number of hydrogen-bond acceptors (Lipinski definition) is 4. The topological polar surface area (TPSA) is 45.6 Å². The van der Waals surface area contributed by atoms with E-state index >= 15 is 0 Å². The van der Waals surface area contributed by atoms with Crippen LogP contribution in [0.25, 0.3) is 0 Å². The summed E-state index contributed by atoms with van der Waals surface area (Å²) in [6, 6.07) is 32.6. The Hall–Kier alpha value is -3.47. The van der Waals surface area contributed by atoms with Crippen molar-refractivity contribution in [2.75, 3.05) is 13.2 Å². The average Bonchev–Trinajstić information content (AvgIpc) is 3.07. The molecule has 4 heteroatoms. The molecule has 0 aliphatic carbocycles. The number of ether oxygens (including phenoxy) is 1. The van der Waals surface area contributed by atoms with Gasteiger partial charge in [0.1, 0.15) is 12.4 Å². The van der Waals surface area contributed by atoms with Gasteiger partial charge in [0.25, 0.3) is 0 Å². The van der Waals surface area contributed by atoms with Crippen molar-refractivity contribution in [2.45, 2.75) is 25.1 Å². The van der Waals surface area contributed by atoms with Crippen LogP contribution in [0.5, 0.6) is 5.75 Å². The number of nitrogens with zero attached hydrogens (tertiary/aromatic N) is 2. The second-order valence-electron chi connectivity index (χ2n) is 8.49. The van der Waals surface area contributed by atoms with Gasteiger partial charge in [-0.25, -0.2) is 0 Å². The maximum Gasteiger partial charge on any atom is 0.123 e. The third-order valence-electron chi connectivity index (χ3n) is 6.23. The predicted molar refractivity (Wildman–Crippen MR) is 130 cm³/mol. The Morgan fingerprint density at radius 3 is 2.18 bits per heavy atom. The van der Waals surface area contributed by atoms with E-state index in [1.165, 1.54) is 0 Å². The minimum atomic E-state index is -0.674. The first-order valence-electron chi connectivity index (χ1n) is 11.4. The summed E-state index contributed by atoms with van der Waals surface area (Å²) < 4.78 is 6.04. The Bertz CT molecular complexity index is 1130. The molecule has 166 valence electrons. The lowest BCUT2D eigenvalue weighted by Crippen LogP contribution is -2.25. The van der Waals surface area contributed by atoms with Gasteiger partial charge in [-0.05, 0) is 41.0 Å². The van der Waals surface area contributed by atoms with E-state index in [0.717, 1.165) is 53.3 Å². The maximum atomic E-state index is 11.6. The molecule has 0 amide bonds. The maximum absolute atomic E-state index is 11.6. The quantitative estimate of drug-likeness (QED) is 0.443. The minimum Gasteiger partial charge on any atom is -0.492 e. The Labute approximate surface area is 195 Å². The van der Waals surface area contributed by atoms with Crippen LogP contribution in [-0.2, 0) is 13.1 Å². The lowest BCUT2D eigenvalue weighted by Gasteiger charge is -2.25. The van der Waals surface area contributed by atoms with Gasteiger partial charge in [-0.1, -0.05) is 72.8 Å². The van der Waals surface area contributed by atoms with Crippen LogP contribution < -0.4 is 4.74 Å². The third-order valence-corrected chi connectivity index (χ3v) is 6.23. The number of aromatic nitrogens is 1. The summed E-state index contributed by atoms with van der Waals surface area (Å²) in [5, 5.41) is 11.6. The van der Waals surface area contributed by atoms with Gasteiger partial charge in [-0.15, -0.1) is 0 Å². The van der Waals surface area contributed by atoms with Gasteiger partial charge >= 0.3 is 0 Å². The Morgan fingerprint density at radius 1 is 0.818 bits per heavy atom. The highest BCUT2D eigenvalue weighted by atomic mass is 16.5. The molecular formula is C29H28N2O2. The molecule has 0 radical (unpaired) electrons. The van der Waals surface area contributed by atoms with E-state index < -0.39 is 6.10 Å². The molecule has 0 fully saturated rings. The standard InChI is InChI=1S/C29H28N2O2/c32-29(28(22-9-3-1-4-10-22)23-11-5-2-6-12-23)24-14-15-27-25(19-24)20-31(17-18-33-27)21-26-13-7-8-16-30-26/h1-16,19,28-29,32H,17-18,20-21H2. The molecule has 3 aromatic carbocycles. The lowest BCUT2D eigenvalue weighted by molar-refractivity contribution is 0.159. The first-order chi connectivity index (χ1) is 16.3. The van der Waals surface area contributed by atoms with E-state index in [4.69, 9.17) is 4.74 Å². The summed E-state index contributed by atoms with van der Waals surface area (Å²) in [6.07, 6.45) is 1.16. The first kappa shape index (κ1) is 21.4. The van der Waals surface area contributed by atoms with Gasteiger partial charge in [0.05, 0.1) is 11.8 Å². The molecule has 1 atom stereocenters. The number of aliphatic hydroxyl groups excluding tert-OH is 1. The van der Waals surface area contributed by atoms with Gasteiger partial charge in [0.15, 0.2) is 0 Å². The second kappa shape index (κ2) is 9.99. The summed E-state index contributed by atoms with van der Waals surface area (Å²) in [5.74, 6) is 0.743. The normalized spacial score (nSPS) is 14.8. The van der Waals surface area contributed by atoms with Crippen molar-refractivity contribution >= 4 is 0 Å². The zero-order valence-corrected chi connectivity index (χ0v) is 18.5. The van der Waals surface area contributed by atoms with Crippen molar-refractivity contribution in [1.82, 2.24) is 9.88 Å². The fourth-order valence-corrected chi connectivity index (χ4v) is 4.58. The molecule has 0 spiro atoms. The van der Waals surface area contributed by atoms with Crippen LogP contribution in [0, 0.1) is 0 Å². The van der Waals surface area contributed by atoms with E-state index in [0.29, 0.717) is 6.61 Å². The van der Waals surface area contributed by atoms with Crippen LogP contribution in [-0.4, -0.2) is 28.1 Å². The van der Waals surface area contributed by atoms with Gasteiger partial charge in [-0.2, -0.15) is 0 Å². The Balaban J connectivity index is 1.44. The van der Waals surface area contributed by atoms with Crippen molar-refractivity contribution in [2.24, 2.45) is 0 Å². The lowest BCUT2D eigenvalue weighted by atomic mass is 9.83. The predicted octanol–water partition coefficient (Wildman–Crippen LogP) is 5.34. The molecule has 1 aromatic heterocycles. The molecule has 1 unspecified atom stereocenters. The van der Waals surface area contributed by atoms with Gasteiger partial charge in [0, 0.05) is 37.3 Å². The monoisotopic (exact) mass is 436 g/mol. The van der Waals surface area contributed by atoms with Crippen LogP contribution in [0.15, 0.2) is 103 Å². The van der Waals surface area contributed by atoms with E-state index in [1.807, 2.05) is 66.9 Å². The van der Waals surface area contributed by atoms with E-state index in [-0.39, 0.29) is 5.92 Å². The molecule has 1 N–H and O–H groups in total. The van der Waals surface area contributed by atoms with Gasteiger partial charge < -0.3 is 9.84 Å². The number of rotatable bonds is 6. The van der Waals surface area contributed by atoms with Gasteiger partial charge in [0.2, 0.25) is 0 Å². The molecule has 0 saturated carbocycles. The van der Waals surface area contributed by atoms with Crippen molar-refractivity contribution in [1.29, 1.82) is 0 Å². The van der Waals surface area contributed by atoms with Crippen molar-refractivity contribution in [3.05, 3.63) is 131 Å². The van der Waals surface area contributed by atoms with Crippen LogP contribution in [0.1, 0.15) is 40.0 Å². The van der Waals surface area contributed by atoms with Gasteiger partial charge in [-0.3, -0.25) is 9.88 Å². The highest BCUT2D eigenvalue weighted by molar-refractivity contribution is 5.42. The minimum absolute atomic E-state index is 0.151. The molecular weight excluding hydrogens is 408 g/mol. The van der Waals surface area contributed by atoms with Crippen molar-refractivity contribution in [3.8, 4) is 5.75 Å². The van der Waals surface area contributed by atoms with Crippen LogP contribution in [0.2, 0.25) is 0 Å². The summed E-state index contributed by atoms with van der Waals surface area (Å²) in [7, 11) is 0. The molecule has 0 saturated heterocycles. The highest BCUT2D eigenvalue weighted by Gasteiger charge is 2.26. The largest absolute Gasteiger partial charge is 0.492 e. The van der Waals surface area contributed by atoms with E-state index in [1.54, 1.807) is 0 Å². The summed E-state index contributed by atoms with van der Waals surface area (Å²) in [4.78, 5) is 6.82. The smallest absolute Gasteiger partial charge is 0.123 e. The average molecular weight is 437 g/mol. The number of aliphatic hydroxyl groups is 1. The summed E-state index contributed by atoms with van der Waals surface area (Å²) >= 11 is 0. The Kier molecular flexibility index (Phi) is 6.47. The van der Waals surface area contributed by atoms with Crippen LogP contribution >= 0.6 is 0 Å². The molecule has 1 aliphatic heterocycles. The highest BCUT2D eigenvalue weighted by Crippen LogP contribution is 2.38. The molecule has 1 aliphatic rings. The molecule has 5 rings (SSSR count). The number of pyridine rings is 1. The molecule has 4 nitrogen and oxygen atoms in total. The molecule has 2 heterocycles. The van der Waals surface area contributed by atoms with Crippen molar-refractivity contribution < 1.29 is 9.84 Å². The first-order valence-corrected chi connectivity index (χ1v) is 11.4. The Morgan fingerprint density at radius 2 is 1.52 bits per heavy atom. The fourth-order valence-electron chi connectivity index (χ4n) is 4.58. The van der Waals surface area contributed by atoms with Crippen molar-refractivity contribution in [3.63, 3.8) is 0 Å². The summed E-state index contributed by atoms with van der Waals surface area (Å²) in [5.41, 5.74) is 5.23. The zero-order chi connectivity index (χ0) is 22.5. The SMILES string of the molecule is OC(c1ccc2c(c1)CN(Cc1ccccn1)CCO2)C(c1ccccc1)c1ccccc1. The zero-order valence-electron chi connectivity index (χ0n) is 18.5. The number of hydrogen-bond donors (Lipinski definition) is 1.